The monoisotopic (exact) mass is 282 g/mol. The van der Waals surface area contributed by atoms with Gasteiger partial charge in [0, 0.05) is 25.0 Å². The highest BCUT2D eigenvalue weighted by atomic mass is 16.3. The Bertz CT molecular complexity index is 329. The maximum atomic E-state index is 12.1. The zero-order valence-electron chi connectivity index (χ0n) is 13.1. The Hall–Kier alpha value is -0.610. The van der Waals surface area contributed by atoms with E-state index in [1.165, 1.54) is 12.8 Å². The van der Waals surface area contributed by atoms with Crippen molar-refractivity contribution in [3.8, 4) is 0 Å². The van der Waals surface area contributed by atoms with Gasteiger partial charge in [0.15, 0.2) is 0 Å². The fraction of sp³-hybridized carbons (Fsp3) is 0.938. The number of rotatable bonds is 6. The van der Waals surface area contributed by atoms with E-state index >= 15 is 0 Å². The van der Waals surface area contributed by atoms with E-state index in [9.17, 15) is 9.90 Å². The van der Waals surface area contributed by atoms with Gasteiger partial charge in [-0.2, -0.15) is 0 Å². The van der Waals surface area contributed by atoms with Gasteiger partial charge in [-0.15, -0.1) is 0 Å². The van der Waals surface area contributed by atoms with Crippen molar-refractivity contribution in [2.75, 3.05) is 6.54 Å². The quantitative estimate of drug-likeness (QED) is 0.696. The molecule has 0 aromatic carbocycles. The molecule has 2 bridgehead atoms. The van der Waals surface area contributed by atoms with Crippen LogP contribution < -0.4 is 10.6 Å². The standard InChI is InChI=1S/C16H30N2O2/c1-11(19)9-16(2,3)10-17-15(20)8-12-6-13-4-5-14(7-12)18-13/h11-14,18-19H,4-10H2,1-3H3,(H,17,20). The van der Waals surface area contributed by atoms with Crippen molar-refractivity contribution in [1.29, 1.82) is 0 Å². The summed E-state index contributed by atoms with van der Waals surface area (Å²) in [5.74, 6) is 0.726. The molecule has 2 aliphatic rings. The zero-order chi connectivity index (χ0) is 14.8. The highest BCUT2D eigenvalue weighted by Gasteiger charge is 2.34. The third-order valence-electron chi connectivity index (χ3n) is 4.66. The fourth-order valence-corrected chi connectivity index (χ4v) is 3.89. The first-order valence-corrected chi connectivity index (χ1v) is 8.05. The van der Waals surface area contributed by atoms with E-state index in [0.29, 0.717) is 37.4 Å². The van der Waals surface area contributed by atoms with Crippen LogP contribution in [0.4, 0.5) is 0 Å². The summed E-state index contributed by atoms with van der Waals surface area (Å²) in [7, 11) is 0. The summed E-state index contributed by atoms with van der Waals surface area (Å²) in [6, 6.07) is 1.30. The molecule has 0 aromatic rings. The lowest BCUT2D eigenvalue weighted by atomic mass is 9.86. The minimum atomic E-state index is -0.318. The maximum Gasteiger partial charge on any atom is 0.220 e. The van der Waals surface area contributed by atoms with E-state index in [1.54, 1.807) is 6.92 Å². The lowest BCUT2D eigenvalue weighted by Crippen LogP contribution is -2.41. The average Bonchev–Trinajstić information content (AvgIpc) is 2.65. The molecule has 2 aliphatic heterocycles. The van der Waals surface area contributed by atoms with Crippen molar-refractivity contribution >= 4 is 5.91 Å². The van der Waals surface area contributed by atoms with Crippen LogP contribution in [-0.2, 0) is 4.79 Å². The Morgan fingerprint density at radius 3 is 2.50 bits per heavy atom. The zero-order valence-corrected chi connectivity index (χ0v) is 13.1. The highest BCUT2D eigenvalue weighted by Crippen LogP contribution is 2.32. The third kappa shape index (κ3) is 4.74. The number of hydrogen-bond donors (Lipinski definition) is 3. The number of carbonyl (C=O) groups excluding carboxylic acids is 1. The van der Waals surface area contributed by atoms with Crippen LogP contribution in [0.25, 0.3) is 0 Å². The molecule has 0 radical (unpaired) electrons. The SMILES string of the molecule is CC(O)CC(C)(C)CNC(=O)CC1CC2CCC(C1)N2. The Morgan fingerprint density at radius 1 is 1.35 bits per heavy atom. The molecule has 3 N–H and O–H groups in total. The predicted octanol–water partition coefficient (Wildman–Crippen LogP) is 1.82. The van der Waals surface area contributed by atoms with Gasteiger partial charge in [0.2, 0.25) is 5.91 Å². The Kier molecular flexibility index (Phi) is 5.08. The molecule has 2 rings (SSSR count). The molecule has 3 atom stereocenters. The van der Waals surface area contributed by atoms with Crippen molar-refractivity contribution in [3.63, 3.8) is 0 Å². The molecule has 20 heavy (non-hydrogen) atoms. The molecular formula is C16H30N2O2. The van der Waals surface area contributed by atoms with Crippen LogP contribution in [0.15, 0.2) is 0 Å². The number of piperidine rings is 1. The molecule has 2 saturated heterocycles. The van der Waals surface area contributed by atoms with Crippen LogP contribution in [0.1, 0.15) is 59.3 Å². The molecule has 0 saturated carbocycles. The second kappa shape index (κ2) is 6.44. The summed E-state index contributed by atoms with van der Waals surface area (Å²) in [4.78, 5) is 12.1. The van der Waals surface area contributed by atoms with Gasteiger partial charge in [-0.3, -0.25) is 4.79 Å². The molecule has 4 heteroatoms. The van der Waals surface area contributed by atoms with E-state index in [-0.39, 0.29) is 17.4 Å². The predicted molar refractivity (Wildman–Crippen MR) is 80.4 cm³/mol. The fourth-order valence-electron chi connectivity index (χ4n) is 3.89. The van der Waals surface area contributed by atoms with Gasteiger partial charge in [0.25, 0.3) is 0 Å². The Labute approximate surface area is 122 Å². The molecule has 0 spiro atoms. The number of aliphatic hydroxyl groups excluding tert-OH is 1. The Morgan fingerprint density at radius 2 is 1.95 bits per heavy atom. The summed E-state index contributed by atoms with van der Waals surface area (Å²) in [6.45, 7) is 6.62. The summed E-state index contributed by atoms with van der Waals surface area (Å²) in [5.41, 5.74) is -0.0447. The van der Waals surface area contributed by atoms with Gasteiger partial charge in [-0.25, -0.2) is 0 Å². The summed E-state index contributed by atoms with van der Waals surface area (Å²) >= 11 is 0. The van der Waals surface area contributed by atoms with E-state index in [0.717, 1.165) is 12.8 Å². The van der Waals surface area contributed by atoms with Gasteiger partial charge in [-0.1, -0.05) is 13.8 Å². The first-order chi connectivity index (χ1) is 9.34. The lowest BCUT2D eigenvalue weighted by molar-refractivity contribution is -0.122. The second-order valence-electron chi connectivity index (χ2n) is 7.67. The van der Waals surface area contributed by atoms with Gasteiger partial charge in [-0.05, 0) is 50.4 Å². The molecule has 116 valence electrons. The topological polar surface area (TPSA) is 61.4 Å². The summed E-state index contributed by atoms with van der Waals surface area (Å²) in [5, 5.41) is 16.1. The summed E-state index contributed by atoms with van der Waals surface area (Å²) in [6.07, 6.45) is 5.93. The van der Waals surface area contributed by atoms with Crippen LogP contribution in [-0.4, -0.2) is 35.7 Å². The maximum absolute atomic E-state index is 12.1. The number of aliphatic hydroxyl groups is 1. The number of hydrogen-bond acceptors (Lipinski definition) is 3. The number of fused-ring (bicyclic) bond motifs is 2. The minimum absolute atomic E-state index is 0.0447. The molecule has 2 heterocycles. The Balaban J connectivity index is 1.70. The largest absolute Gasteiger partial charge is 0.393 e. The second-order valence-corrected chi connectivity index (χ2v) is 7.67. The third-order valence-corrected chi connectivity index (χ3v) is 4.66. The molecule has 0 aromatic heterocycles. The van der Waals surface area contributed by atoms with Crippen LogP contribution in [0, 0.1) is 11.3 Å². The average molecular weight is 282 g/mol. The molecule has 0 aliphatic carbocycles. The van der Waals surface area contributed by atoms with E-state index in [1.807, 2.05) is 0 Å². The molecule has 2 fully saturated rings. The van der Waals surface area contributed by atoms with Crippen LogP contribution in [0.2, 0.25) is 0 Å². The van der Waals surface area contributed by atoms with Crippen molar-refractivity contribution in [1.82, 2.24) is 10.6 Å². The van der Waals surface area contributed by atoms with Crippen LogP contribution in [0.3, 0.4) is 0 Å². The number of carbonyl (C=O) groups is 1. The first kappa shape index (κ1) is 15.8. The van der Waals surface area contributed by atoms with E-state index in [4.69, 9.17) is 0 Å². The van der Waals surface area contributed by atoms with Crippen molar-refractivity contribution in [2.45, 2.75) is 77.5 Å². The smallest absolute Gasteiger partial charge is 0.220 e. The van der Waals surface area contributed by atoms with Crippen molar-refractivity contribution in [3.05, 3.63) is 0 Å². The van der Waals surface area contributed by atoms with E-state index < -0.39 is 0 Å². The normalized spacial score (nSPS) is 31.1. The van der Waals surface area contributed by atoms with Crippen LogP contribution >= 0.6 is 0 Å². The van der Waals surface area contributed by atoms with Gasteiger partial charge in [0.1, 0.15) is 0 Å². The molecule has 4 nitrogen and oxygen atoms in total. The highest BCUT2D eigenvalue weighted by molar-refractivity contribution is 5.76. The van der Waals surface area contributed by atoms with E-state index in [2.05, 4.69) is 24.5 Å². The van der Waals surface area contributed by atoms with Crippen molar-refractivity contribution in [2.24, 2.45) is 11.3 Å². The number of amides is 1. The summed E-state index contributed by atoms with van der Waals surface area (Å²) < 4.78 is 0. The lowest BCUT2D eigenvalue weighted by Gasteiger charge is -2.30. The first-order valence-electron chi connectivity index (χ1n) is 8.05. The van der Waals surface area contributed by atoms with Gasteiger partial charge in [0.05, 0.1) is 6.10 Å². The molecule has 3 unspecified atom stereocenters. The van der Waals surface area contributed by atoms with Gasteiger partial charge >= 0.3 is 0 Å². The van der Waals surface area contributed by atoms with Crippen LogP contribution in [0.5, 0.6) is 0 Å². The van der Waals surface area contributed by atoms with Crippen molar-refractivity contribution < 1.29 is 9.90 Å². The molecule has 1 amide bonds. The number of nitrogens with one attached hydrogen (secondary N) is 2. The van der Waals surface area contributed by atoms with Gasteiger partial charge < -0.3 is 15.7 Å². The molecular weight excluding hydrogens is 252 g/mol. The minimum Gasteiger partial charge on any atom is -0.393 e.